The van der Waals surface area contributed by atoms with Crippen molar-refractivity contribution in [2.75, 3.05) is 26.7 Å². The van der Waals surface area contributed by atoms with Crippen molar-refractivity contribution < 1.29 is 4.79 Å². The zero-order valence-corrected chi connectivity index (χ0v) is 13.1. The molecule has 0 saturated heterocycles. The summed E-state index contributed by atoms with van der Waals surface area (Å²) in [6.45, 7) is 5.80. The first-order chi connectivity index (χ1) is 10.2. The van der Waals surface area contributed by atoms with Crippen molar-refractivity contribution in [1.82, 2.24) is 21.3 Å². The standard InChI is InChI=1S/C14H26N6O/c1-4-6-12(5-2)7-8-18-14(21)19-10-9-17-13(16-3)20-11-15/h6H,4-5,7-10H2,1-3H3,(H2,16,17,20)(H2,18,19,21)/b12-6+. The predicted octanol–water partition coefficient (Wildman–Crippen LogP) is 1.07. The fourth-order valence-electron chi connectivity index (χ4n) is 1.70. The normalized spacial score (nSPS) is 11.5. The van der Waals surface area contributed by atoms with E-state index in [1.165, 1.54) is 5.57 Å². The molecule has 0 aromatic rings. The van der Waals surface area contributed by atoms with Crippen molar-refractivity contribution in [3.8, 4) is 6.19 Å². The molecule has 0 atom stereocenters. The van der Waals surface area contributed by atoms with E-state index in [0.717, 1.165) is 19.3 Å². The number of nitrogens with zero attached hydrogens (tertiary/aromatic N) is 2. The van der Waals surface area contributed by atoms with Gasteiger partial charge in [-0.1, -0.05) is 25.5 Å². The van der Waals surface area contributed by atoms with Crippen molar-refractivity contribution in [3.05, 3.63) is 11.6 Å². The molecule has 0 aliphatic carbocycles. The highest BCUT2D eigenvalue weighted by atomic mass is 16.2. The molecular weight excluding hydrogens is 268 g/mol. The van der Waals surface area contributed by atoms with Gasteiger partial charge in [0.25, 0.3) is 0 Å². The summed E-state index contributed by atoms with van der Waals surface area (Å²) in [7, 11) is 1.57. The van der Waals surface area contributed by atoms with Gasteiger partial charge in [0, 0.05) is 26.7 Å². The number of allylic oxidation sites excluding steroid dienone is 1. The number of nitriles is 1. The molecule has 118 valence electrons. The molecule has 0 aliphatic rings. The average Bonchev–Trinajstić information content (AvgIpc) is 2.49. The molecule has 2 amide bonds. The largest absolute Gasteiger partial charge is 0.354 e. The smallest absolute Gasteiger partial charge is 0.314 e. The van der Waals surface area contributed by atoms with Crippen LogP contribution in [0, 0.1) is 11.5 Å². The number of carbonyl (C=O) groups excluding carboxylic acids is 1. The monoisotopic (exact) mass is 294 g/mol. The van der Waals surface area contributed by atoms with Crippen LogP contribution in [0.4, 0.5) is 4.79 Å². The van der Waals surface area contributed by atoms with E-state index in [4.69, 9.17) is 5.26 Å². The molecule has 21 heavy (non-hydrogen) atoms. The number of aliphatic imine (C=N–C) groups is 1. The first kappa shape index (κ1) is 18.8. The summed E-state index contributed by atoms with van der Waals surface area (Å²) in [6.07, 6.45) is 6.91. The molecule has 0 saturated carbocycles. The second-order valence-electron chi connectivity index (χ2n) is 4.29. The minimum absolute atomic E-state index is 0.188. The molecule has 0 aromatic carbocycles. The van der Waals surface area contributed by atoms with Gasteiger partial charge in [0.15, 0.2) is 6.19 Å². The molecule has 0 fully saturated rings. The highest BCUT2D eigenvalue weighted by molar-refractivity contribution is 5.81. The quantitative estimate of drug-likeness (QED) is 0.134. The lowest BCUT2D eigenvalue weighted by molar-refractivity contribution is 0.241. The topological polar surface area (TPSA) is 101 Å². The third-order valence-corrected chi connectivity index (χ3v) is 2.78. The molecule has 0 aromatic heterocycles. The zero-order chi connectivity index (χ0) is 15.9. The maximum atomic E-state index is 11.5. The highest BCUT2D eigenvalue weighted by Gasteiger charge is 2.00. The van der Waals surface area contributed by atoms with Crippen LogP contribution < -0.4 is 21.3 Å². The molecule has 0 aliphatic heterocycles. The average molecular weight is 294 g/mol. The third kappa shape index (κ3) is 10.2. The first-order valence-corrected chi connectivity index (χ1v) is 7.23. The molecule has 0 unspecified atom stereocenters. The Morgan fingerprint density at radius 3 is 2.43 bits per heavy atom. The van der Waals surface area contributed by atoms with Gasteiger partial charge in [0.05, 0.1) is 0 Å². The summed E-state index contributed by atoms with van der Waals surface area (Å²) in [5, 5.41) is 19.3. The molecule has 4 N–H and O–H groups in total. The summed E-state index contributed by atoms with van der Waals surface area (Å²) < 4.78 is 0. The van der Waals surface area contributed by atoms with Crippen molar-refractivity contribution in [2.45, 2.75) is 33.1 Å². The molecule has 7 heteroatoms. The van der Waals surface area contributed by atoms with E-state index in [9.17, 15) is 4.79 Å². The number of urea groups is 1. The Labute approximate surface area is 126 Å². The van der Waals surface area contributed by atoms with Crippen LogP contribution in [0.3, 0.4) is 0 Å². The maximum Gasteiger partial charge on any atom is 0.314 e. The van der Waals surface area contributed by atoms with E-state index in [0.29, 0.717) is 25.6 Å². The molecule has 0 heterocycles. The molecule has 0 spiro atoms. The number of rotatable bonds is 8. The van der Waals surface area contributed by atoms with Crippen LogP contribution in [0.1, 0.15) is 33.1 Å². The molecular formula is C14H26N6O. The lowest BCUT2D eigenvalue weighted by Gasteiger charge is -2.10. The minimum Gasteiger partial charge on any atom is -0.354 e. The summed E-state index contributed by atoms with van der Waals surface area (Å²) in [6, 6.07) is -0.188. The predicted molar refractivity (Wildman–Crippen MR) is 84.8 cm³/mol. The van der Waals surface area contributed by atoms with Gasteiger partial charge < -0.3 is 16.0 Å². The SMILES string of the molecule is CC/C=C(\CC)CCNC(=O)NCCNC(=NC)NC#N. The van der Waals surface area contributed by atoms with E-state index in [2.05, 4.69) is 46.2 Å². The maximum absolute atomic E-state index is 11.5. The molecule has 0 rings (SSSR count). The lowest BCUT2D eigenvalue weighted by Crippen LogP contribution is -2.42. The number of nitrogens with one attached hydrogen (secondary N) is 4. The van der Waals surface area contributed by atoms with Gasteiger partial charge in [-0.05, 0) is 19.3 Å². The summed E-state index contributed by atoms with van der Waals surface area (Å²) in [5.41, 5.74) is 1.37. The van der Waals surface area contributed by atoms with Crippen LogP contribution in [-0.2, 0) is 0 Å². The van der Waals surface area contributed by atoms with Gasteiger partial charge in [-0.15, -0.1) is 0 Å². The van der Waals surface area contributed by atoms with Crippen LogP contribution in [-0.4, -0.2) is 38.7 Å². The lowest BCUT2D eigenvalue weighted by atomic mass is 10.1. The second-order valence-corrected chi connectivity index (χ2v) is 4.29. The van der Waals surface area contributed by atoms with E-state index in [-0.39, 0.29) is 6.03 Å². The van der Waals surface area contributed by atoms with E-state index in [1.807, 2.05) is 0 Å². The molecule has 0 bridgehead atoms. The Morgan fingerprint density at radius 2 is 1.86 bits per heavy atom. The van der Waals surface area contributed by atoms with Crippen molar-refractivity contribution in [1.29, 1.82) is 5.26 Å². The number of hydrogen-bond acceptors (Lipinski definition) is 3. The van der Waals surface area contributed by atoms with Gasteiger partial charge in [0.2, 0.25) is 5.96 Å². The van der Waals surface area contributed by atoms with Crippen LogP contribution >= 0.6 is 0 Å². The van der Waals surface area contributed by atoms with E-state index in [1.54, 1.807) is 13.2 Å². The van der Waals surface area contributed by atoms with Gasteiger partial charge in [0.1, 0.15) is 0 Å². The van der Waals surface area contributed by atoms with Crippen molar-refractivity contribution >= 4 is 12.0 Å². The fourth-order valence-corrected chi connectivity index (χ4v) is 1.70. The number of hydrogen-bond donors (Lipinski definition) is 4. The molecule has 0 radical (unpaired) electrons. The fraction of sp³-hybridized carbons (Fsp3) is 0.643. The summed E-state index contributed by atoms with van der Waals surface area (Å²) >= 11 is 0. The van der Waals surface area contributed by atoms with Gasteiger partial charge in [-0.3, -0.25) is 10.3 Å². The van der Waals surface area contributed by atoms with Crippen molar-refractivity contribution in [2.24, 2.45) is 4.99 Å². The number of amides is 2. The Kier molecular flexibility index (Phi) is 11.4. The Balaban J connectivity index is 3.73. The Hall–Kier alpha value is -2.23. The van der Waals surface area contributed by atoms with Crippen LogP contribution in [0.5, 0.6) is 0 Å². The Bertz CT molecular complexity index is 397. The molecule has 7 nitrogen and oxygen atoms in total. The van der Waals surface area contributed by atoms with Crippen LogP contribution in [0.2, 0.25) is 0 Å². The zero-order valence-electron chi connectivity index (χ0n) is 13.1. The van der Waals surface area contributed by atoms with Gasteiger partial charge >= 0.3 is 6.03 Å². The Morgan fingerprint density at radius 1 is 1.19 bits per heavy atom. The summed E-state index contributed by atoms with van der Waals surface area (Å²) in [4.78, 5) is 15.4. The highest BCUT2D eigenvalue weighted by Crippen LogP contribution is 2.06. The minimum atomic E-state index is -0.188. The summed E-state index contributed by atoms with van der Waals surface area (Å²) in [5.74, 6) is 0.386. The number of carbonyl (C=O) groups is 1. The van der Waals surface area contributed by atoms with E-state index < -0.39 is 0 Å². The first-order valence-electron chi connectivity index (χ1n) is 7.23. The van der Waals surface area contributed by atoms with Gasteiger partial charge in [-0.25, -0.2) is 4.79 Å². The van der Waals surface area contributed by atoms with Gasteiger partial charge in [-0.2, -0.15) is 5.26 Å². The second kappa shape index (κ2) is 12.8. The van der Waals surface area contributed by atoms with Crippen LogP contribution in [0.25, 0.3) is 0 Å². The third-order valence-electron chi connectivity index (χ3n) is 2.78. The van der Waals surface area contributed by atoms with Crippen molar-refractivity contribution in [3.63, 3.8) is 0 Å². The van der Waals surface area contributed by atoms with Crippen LogP contribution in [0.15, 0.2) is 16.6 Å². The number of guanidine groups is 1. The van der Waals surface area contributed by atoms with E-state index >= 15 is 0 Å².